The number of aromatic nitrogens is 3. The van der Waals surface area contributed by atoms with Crippen molar-refractivity contribution in [1.82, 2.24) is 15.0 Å². The fourth-order valence-corrected chi connectivity index (χ4v) is 4.26. The first kappa shape index (κ1) is 24.8. The van der Waals surface area contributed by atoms with Crippen molar-refractivity contribution in [3.8, 4) is 28.4 Å². The van der Waals surface area contributed by atoms with Crippen LogP contribution >= 0.6 is 0 Å². The summed E-state index contributed by atoms with van der Waals surface area (Å²) in [6.45, 7) is 6.94. The monoisotopic (exact) mass is 487 g/mol. The highest BCUT2D eigenvalue weighted by Crippen LogP contribution is 2.54. The molecule has 2 N–H and O–H groups in total. The van der Waals surface area contributed by atoms with Crippen molar-refractivity contribution < 1.29 is 27.8 Å². The number of carboxylic acids is 1. The quantitative estimate of drug-likeness (QED) is 0.413. The van der Waals surface area contributed by atoms with Crippen LogP contribution in [0.5, 0.6) is 5.88 Å². The highest BCUT2D eigenvalue weighted by molar-refractivity contribution is 5.74. The third kappa shape index (κ3) is 4.51. The highest BCUT2D eigenvalue weighted by atomic mass is 19.4. The van der Waals surface area contributed by atoms with E-state index in [1.807, 2.05) is 32.0 Å². The van der Waals surface area contributed by atoms with Crippen LogP contribution in [0.25, 0.3) is 22.5 Å². The van der Waals surface area contributed by atoms with Crippen LogP contribution in [0, 0.1) is 19.3 Å². The number of ether oxygens (including phenoxy) is 1. The van der Waals surface area contributed by atoms with Crippen LogP contribution in [0.4, 0.5) is 13.2 Å². The predicted molar refractivity (Wildman–Crippen MR) is 125 cm³/mol. The molecule has 0 aliphatic heterocycles. The van der Waals surface area contributed by atoms with Crippen LogP contribution in [0.2, 0.25) is 0 Å². The molecule has 0 radical (unpaired) electrons. The van der Waals surface area contributed by atoms with Crippen LogP contribution in [0.1, 0.15) is 49.9 Å². The van der Waals surface area contributed by atoms with E-state index in [4.69, 9.17) is 4.74 Å². The molecule has 2 aromatic heterocycles. The van der Waals surface area contributed by atoms with Gasteiger partial charge >= 0.3 is 12.1 Å². The number of aliphatic carboxylic acids is 1. The van der Waals surface area contributed by atoms with E-state index in [2.05, 4.69) is 15.0 Å². The second-order valence-electron chi connectivity index (χ2n) is 9.92. The molecule has 35 heavy (non-hydrogen) atoms. The topological polar surface area (TPSA) is 88.1 Å². The van der Waals surface area contributed by atoms with E-state index in [9.17, 15) is 23.1 Å². The van der Waals surface area contributed by atoms with E-state index in [0.717, 1.165) is 27.8 Å². The summed E-state index contributed by atoms with van der Waals surface area (Å²) in [6.07, 6.45) is -0.616. The summed E-state index contributed by atoms with van der Waals surface area (Å²) in [4.78, 5) is 22.8. The van der Waals surface area contributed by atoms with Gasteiger partial charge in [0.25, 0.3) is 0 Å². The number of aromatic amines is 1. The Balaban J connectivity index is 1.55. The Kier molecular flexibility index (Phi) is 6.15. The number of benzene rings is 1. The maximum atomic E-state index is 13.7. The number of pyridine rings is 1. The second kappa shape index (κ2) is 8.70. The van der Waals surface area contributed by atoms with Gasteiger partial charge in [0.2, 0.25) is 5.88 Å². The lowest BCUT2D eigenvalue weighted by Crippen LogP contribution is -2.48. The molecule has 4 rings (SSSR count). The van der Waals surface area contributed by atoms with Gasteiger partial charge in [0.15, 0.2) is 0 Å². The maximum Gasteiger partial charge on any atom is 0.399 e. The lowest BCUT2D eigenvalue weighted by Gasteiger charge is -2.42. The zero-order chi connectivity index (χ0) is 25.6. The summed E-state index contributed by atoms with van der Waals surface area (Å²) in [6, 6.07) is 7.42. The van der Waals surface area contributed by atoms with Crippen LogP contribution in [-0.4, -0.2) is 38.8 Å². The number of nitrogens with zero attached hydrogens (tertiary/aromatic N) is 2. The zero-order valence-corrected chi connectivity index (χ0v) is 20.1. The van der Waals surface area contributed by atoms with Gasteiger partial charge in [-0.15, -0.1) is 0 Å². The van der Waals surface area contributed by atoms with Crippen LogP contribution < -0.4 is 4.74 Å². The number of imidazole rings is 1. The Labute approximate surface area is 201 Å². The van der Waals surface area contributed by atoms with E-state index in [1.165, 1.54) is 6.20 Å². The SMILES string of the molecule is Cc1cc(OCC(C)(C)C(=O)O)ncc1-c1ccc(-c2ncc(C3(C(F)(F)F)CCC3)[nH]2)c(C)c1. The van der Waals surface area contributed by atoms with Gasteiger partial charge in [0.05, 0.1) is 11.1 Å². The predicted octanol–water partition coefficient (Wildman–Crippen LogP) is 6.23. The fourth-order valence-electron chi connectivity index (χ4n) is 4.26. The van der Waals surface area contributed by atoms with Crippen molar-refractivity contribution in [3.63, 3.8) is 0 Å². The molecule has 186 valence electrons. The molecule has 1 fully saturated rings. The molecule has 1 aliphatic carbocycles. The third-order valence-electron chi connectivity index (χ3n) is 6.88. The molecular weight excluding hydrogens is 459 g/mol. The standard InChI is InChI=1S/C26H28F3N3O3/c1-15-10-17(19-12-30-21(11-16(19)2)35-14-24(3,4)23(33)34)6-7-18(15)22-31-13-20(32-22)25(8-5-9-25)26(27,28)29/h6-7,10-13H,5,8-9,14H2,1-4H3,(H,31,32)(H,33,34). The Bertz CT molecular complexity index is 1260. The summed E-state index contributed by atoms with van der Waals surface area (Å²) >= 11 is 0. The first-order valence-corrected chi connectivity index (χ1v) is 11.4. The van der Waals surface area contributed by atoms with Gasteiger partial charge in [0.1, 0.15) is 17.8 Å². The molecule has 6 nitrogen and oxygen atoms in total. The molecule has 0 amide bonds. The minimum atomic E-state index is -4.31. The number of aryl methyl sites for hydroxylation is 2. The average molecular weight is 488 g/mol. The van der Waals surface area contributed by atoms with Crippen molar-refractivity contribution in [2.45, 2.75) is 58.5 Å². The van der Waals surface area contributed by atoms with Crippen molar-refractivity contribution in [3.05, 3.63) is 53.5 Å². The summed E-state index contributed by atoms with van der Waals surface area (Å²) in [5, 5.41) is 9.23. The summed E-state index contributed by atoms with van der Waals surface area (Å²) < 4.78 is 46.7. The molecule has 0 atom stereocenters. The number of carboxylic acid groups (broad SMARTS) is 1. The maximum absolute atomic E-state index is 13.7. The molecule has 1 aromatic carbocycles. The number of carbonyl (C=O) groups is 1. The van der Waals surface area contributed by atoms with Gasteiger partial charge in [-0.2, -0.15) is 13.2 Å². The summed E-state index contributed by atoms with van der Waals surface area (Å²) in [7, 11) is 0. The second-order valence-corrected chi connectivity index (χ2v) is 9.92. The zero-order valence-electron chi connectivity index (χ0n) is 20.1. The summed E-state index contributed by atoms with van der Waals surface area (Å²) in [5.74, 6) is -0.197. The molecule has 9 heteroatoms. The van der Waals surface area contributed by atoms with Gasteiger partial charge in [-0.1, -0.05) is 24.6 Å². The van der Waals surface area contributed by atoms with Crippen molar-refractivity contribution in [2.24, 2.45) is 5.41 Å². The van der Waals surface area contributed by atoms with Gasteiger partial charge < -0.3 is 14.8 Å². The minimum absolute atomic E-state index is 0.0112. The number of halogens is 3. The summed E-state index contributed by atoms with van der Waals surface area (Å²) in [5.41, 5.74) is 1.52. The van der Waals surface area contributed by atoms with Gasteiger partial charge in [-0.05, 0) is 57.2 Å². The highest BCUT2D eigenvalue weighted by Gasteiger charge is 2.60. The number of hydrogen-bond acceptors (Lipinski definition) is 4. The molecule has 2 heterocycles. The lowest BCUT2D eigenvalue weighted by molar-refractivity contribution is -0.213. The van der Waals surface area contributed by atoms with E-state index in [-0.39, 0.29) is 25.1 Å². The van der Waals surface area contributed by atoms with Gasteiger partial charge in [-0.25, -0.2) is 9.97 Å². The minimum Gasteiger partial charge on any atom is -0.481 e. The first-order valence-electron chi connectivity index (χ1n) is 11.4. The molecule has 1 saturated carbocycles. The third-order valence-corrected chi connectivity index (χ3v) is 6.88. The molecule has 0 saturated heterocycles. The number of alkyl halides is 3. The lowest BCUT2D eigenvalue weighted by atomic mass is 9.66. The van der Waals surface area contributed by atoms with E-state index >= 15 is 0 Å². The smallest absolute Gasteiger partial charge is 0.399 e. The van der Waals surface area contributed by atoms with Crippen molar-refractivity contribution in [1.29, 1.82) is 0 Å². The Hall–Kier alpha value is -3.36. The Morgan fingerprint density at radius 2 is 1.77 bits per heavy atom. The number of H-pyrrole nitrogens is 1. The van der Waals surface area contributed by atoms with E-state index < -0.39 is 23.0 Å². The van der Waals surface area contributed by atoms with Gasteiger partial charge in [0, 0.05) is 29.6 Å². The van der Waals surface area contributed by atoms with E-state index in [0.29, 0.717) is 18.1 Å². The van der Waals surface area contributed by atoms with Crippen LogP contribution in [0.15, 0.2) is 36.7 Å². The average Bonchev–Trinajstić information content (AvgIpc) is 3.20. The molecule has 3 aromatic rings. The normalized spacial score (nSPS) is 15.5. The molecule has 0 spiro atoms. The number of nitrogens with one attached hydrogen (secondary N) is 1. The number of hydrogen-bond donors (Lipinski definition) is 2. The van der Waals surface area contributed by atoms with Crippen molar-refractivity contribution in [2.75, 3.05) is 6.61 Å². The molecule has 1 aliphatic rings. The van der Waals surface area contributed by atoms with E-state index in [1.54, 1.807) is 26.1 Å². The van der Waals surface area contributed by atoms with Crippen LogP contribution in [0.3, 0.4) is 0 Å². The number of rotatable bonds is 7. The molecule has 0 unspecified atom stereocenters. The van der Waals surface area contributed by atoms with Gasteiger partial charge in [-0.3, -0.25) is 4.79 Å². The largest absolute Gasteiger partial charge is 0.481 e. The fraction of sp³-hybridized carbons (Fsp3) is 0.423. The molecular formula is C26H28F3N3O3. The Morgan fingerprint density at radius 3 is 2.31 bits per heavy atom. The Morgan fingerprint density at radius 1 is 1.09 bits per heavy atom. The molecule has 0 bridgehead atoms. The van der Waals surface area contributed by atoms with Crippen LogP contribution in [-0.2, 0) is 10.2 Å². The van der Waals surface area contributed by atoms with Crippen molar-refractivity contribution >= 4 is 5.97 Å². The first-order chi connectivity index (χ1) is 16.3.